The Morgan fingerprint density at radius 2 is 0.611 bits per heavy atom. The first-order valence-corrected chi connectivity index (χ1v) is 47.3. The number of rotatable bonds is 85. The zero-order chi connectivity index (χ0) is 82.5. The van der Waals surface area contributed by atoms with E-state index in [2.05, 4.69) is 87.1 Å². The first-order valence-electron chi connectivity index (χ1n) is 44.4. The second-order valence-corrected chi connectivity index (χ2v) is 33.1. The SMILES string of the molecule is CCCCCC/C=C/CCCC(=O)OC(CCCCCCC)CCOCC(COP(=O)([O-])OCCNC(=O)CCC(=O)NCCOP(=O)([O-])OCC(COCCC(CCCCCCC)OC(=O)CCC/C=C/CCCCCC)NC(=O)CC(=O)CCCCCCCCCCC)NC(=O)CC(=O)CCCCCCCCCCC.[Na+]. The number of Topliss-reactive ketones (excluding diaryl/α,β-unsaturated/α-hetero) is 2. The Labute approximate surface area is 706 Å². The van der Waals surface area contributed by atoms with E-state index in [4.69, 9.17) is 37.0 Å². The molecule has 113 heavy (non-hydrogen) atoms. The average Bonchev–Trinajstić information content (AvgIpc) is 0.913. The third kappa shape index (κ3) is 78.4. The van der Waals surface area contributed by atoms with Gasteiger partial charge in [0, 0.05) is 64.5 Å². The van der Waals surface area contributed by atoms with Crippen molar-refractivity contribution in [3.8, 4) is 0 Å². The molecule has 654 valence electrons. The van der Waals surface area contributed by atoms with Gasteiger partial charge in [0.15, 0.2) is 0 Å². The van der Waals surface area contributed by atoms with Gasteiger partial charge in [-0.3, -0.25) is 47.5 Å². The molecule has 0 rings (SSSR count). The van der Waals surface area contributed by atoms with E-state index in [1.165, 1.54) is 89.9 Å². The summed E-state index contributed by atoms with van der Waals surface area (Å²) in [6, 6.07) is -2.05. The van der Waals surface area contributed by atoms with Crippen molar-refractivity contribution in [2.75, 3.05) is 65.9 Å². The van der Waals surface area contributed by atoms with Crippen LogP contribution in [-0.2, 0) is 84.5 Å². The van der Waals surface area contributed by atoms with Gasteiger partial charge in [-0.25, -0.2) is 0 Å². The summed E-state index contributed by atoms with van der Waals surface area (Å²) in [6.07, 6.45) is 53.6. The van der Waals surface area contributed by atoms with Crippen molar-refractivity contribution in [3.05, 3.63) is 24.3 Å². The molecule has 0 aliphatic heterocycles. The van der Waals surface area contributed by atoms with Gasteiger partial charge in [-0.2, -0.15) is 0 Å². The van der Waals surface area contributed by atoms with E-state index in [0.717, 1.165) is 154 Å². The van der Waals surface area contributed by atoms with Gasteiger partial charge in [-0.05, 0) is 89.9 Å². The molecule has 0 bridgehead atoms. The van der Waals surface area contributed by atoms with Crippen LogP contribution in [0, 0.1) is 0 Å². The van der Waals surface area contributed by atoms with Gasteiger partial charge >= 0.3 is 41.5 Å². The molecule has 27 heteroatoms. The summed E-state index contributed by atoms with van der Waals surface area (Å²) in [4.78, 5) is 130. The normalized spacial score (nSPS) is 13.7. The van der Waals surface area contributed by atoms with Gasteiger partial charge in [-0.15, -0.1) is 0 Å². The van der Waals surface area contributed by atoms with Crippen LogP contribution in [0.3, 0.4) is 0 Å². The fourth-order valence-corrected chi connectivity index (χ4v) is 14.1. The van der Waals surface area contributed by atoms with Crippen LogP contribution in [0.2, 0.25) is 0 Å². The van der Waals surface area contributed by atoms with Crippen LogP contribution in [-0.4, -0.2) is 137 Å². The number of ether oxygens (including phenoxy) is 4. The monoisotopic (exact) mass is 1650 g/mol. The molecule has 0 aliphatic rings. The predicted molar refractivity (Wildman–Crippen MR) is 442 cm³/mol. The van der Waals surface area contributed by atoms with Gasteiger partial charge < -0.3 is 68.1 Å². The smallest absolute Gasteiger partial charge is 0.756 e. The molecule has 0 spiro atoms. The minimum atomic E-state index is -5.05. The number of carbonyl (C=O) groups excluding carboxylic acids is 8. The van der Waals surface area contributed by atoms with Crippen molar-refractivity contribution >= 4 is 62.8 Å². The van der Waals surface area contributed by atoms with Gasteiger partial charge in [0.1, 0.15) is 23.8 Å². The molecule has 6 unspecified atom stereocenters. The van der Waals surface area contributed by atoms with Crippen LogP contribution in [0.15, 0.2) is 24.3 Å². The van der Waals surface area contributed by atoms with E-state index < -0.39 is 103 Å². The molecule has 0 aromatic heterocycles. The van der Waals surface area contributed by atoms with E-state index in [1.807, 2.05) is 0 Å². The van der Waals surface area contributed by atoms with Crippen molar-refractivity contribution in [1.82, 2.24) is 21.3 Å². The summed E-state index contributed by atoms with van der Waals surface area (Å²) in [5.41, 5.74) is 0. The molecule has 4 amide bonds. The Balaban J connectivity index is 0. The summed E-state index contributed by atoms with van der Waals surface area (Å²) in [6.45, 7) is 10.00. The second kappa shape index (κ2) is 81.2. The van der Waals surface area contributed by atoms with Crippen LogP contribution in [0.5, 0.6) is 0 Å². The molecule has 0 fully saturated rings. The number of unbranched alkanes of at least 4 members (excludes halogenated alkanes) is 34. The molecule has 0 heterocycles. The third-order valence-corrected chi connectivity index (χ3v) is 21.2. The van der Waals surface area contributed by atoms with E-state index in [1.54, 1.807) is 0 Å². The van der Waals surface area contributed by atoms with Gasteiger partial charge in [0.25, 0.3) is 15.6 Å². The van der Waals surface area contributed by atoms with Gasteiger partial charge in [0.05, 0.1) is 77.8 Å². The predicted octanol–water partition coefficient (Wildman–Crippen LogP) is 15.5. The van der Waals surface area contributed by atoms with Gasteiger partial charge in [-0.1, -0.05) is 258 Å². The maximum absolute atomic E-state index is 13.2. The minimum Gasteiger partial charge on any atom is -0.756 e. The Bertz CT molecular complexity index is 2350. The topological polar surface area (TPSA) is 339 Å². The molecule has 4 N–H and O–H groups in total. The third-order valence-electron chi connectivity index (χ3n) is 19.3. The molecule has 6 atom stereocenters. The quantitative estimate of drug-likeness (QED) is 0.0110. The first kappa shape index (κ1) is 112. The largest absolute Gasteiger partial charge is 1.00 e. The number of esters is 2. The molecule has 0 saturated heterocycles. The zero-order valence-corrected chi connectivity index (χ0v) is 75.7. The summed E-state index contributed by atoms with van der Waals surface area (Å²) in [7, 11) is -10.1. The summed E-state index contributed by atoms with van der Waals surface area (Å²) < 4.78 is 70.3. The number of amides is 4. The van der Waals surface area contributed by atoms with Crippen molar-refractivity contribution in [2.24, 2.45) is 0 Å². The summed E-state index contributed by atoms with van der Waals surface area (Å²) >= 11 is 0. The average molecular weight is 1650 g/mol. The number of ketones is 2. The van der Waals surface area contributed by atoms with Crippen molar-refractivity contribution in [1.29, 1.82) is 0 Å². The van der Waals surface area contributed by atoms with Crippen molar-refractivity contribution < 1.29 is 124 Å². The molecule has 0 aromatic rings. The Morgan fingerprint density at radius 3 is 0.938 bits per heavy atom. The molecule has 0 radical (unpaired) electrons. The fourth-order valence-electron chi connectivity index (χ4n) is 12.6. The van der Waals surface area contributed by atoms with Crippen LogP contribution >= 0.6 is 15.6 Å². The van der Waals surface area contributed by atoms with Crippen molar-refractivity contribution in [3.63, 3.8) is 0 Å². The molecule has 0 aliphatic carbocycles. The maximum Gasteiger partial charge on any atom is 1.00 e. The fraction of sp³-hybridized carbons (Fsp3) is 0.860. The second-order valence-electron chi connectivity index (χ2n) is 30.3. The van der Waals surface area contributed by atoms with E-state index in [0.29, 0.717) is 51.4 Å². The Hall–Kier alpha value is -3.22. The molecule has 24 nitrogen and oxygen atoms in total. The first-order chi connectivity index (χ1) is 54.2. The molecule has 0 saturated carbocycles. The number of allylic oxidation sites excluding steroid dienone is 4. The molecular weight excluding hydrogens is 1490 g/mol. The molecular formula is C86H158N4NaO20P2-. The van der Waals surface area contributed by atoms with E-state index in [-0.39, 0.29) is 131 Å². The van der Waals surface area contributed by atoms with Crippen LogP contribution < -0.4 is 60.6 Å². The number of hydrogen-bond acceptors (Lipinski definition) is 20. The van der Waals surface area contributed by atoms with E-state index in [9.17, 15) is 57.3 Å². The number of hydrogen-bond donors (Lipinski definition) is 4. The summed E-state index contributed by atoms with van der Waals surface area (Å²) in [5, 5.41) is 10.3. The minimum absolute atomic E-state index is 0. The number of carbonyl (C=O) groups is 8. The van der Waals surface area contributed by atoms with Crippen LogP contribution in [0.1, 0.15) is 388 Å². The van der Waals surface area contributed by atoms with Crippen molar-refractivity contribution in [2.45, 2.75) is 413 Å². The van der Waals surface area contributed by atoms with Crippen LogP contribution in [0.4, 0.5) is 0 Å². The number of phosphoric acid groups is 2. The van der Waals surface area contributed by atoms with Crippen LogP contribution in [0.25, 0.3) is 0 Å². The van der Waals surface area contributed by atoms with E-state index >= 15 is 0 Å². The number of phosphoric ester groups is 2. The summed E-state index contributed by atoms with van der Waals surface area (Å²) in [5.74, 6) is -3.54. The Morgan fingerprint density at radius 1 is 0.319 bits per heavy atom. The number of nitrogens with one attached hydrogen (secondary N) is 4. The standard InChI is InChI=1S/C86H160N4O20P2.Na/c1-7-13-19-25-29-33-37-43-47-53-77(91)69-83(95)89-75(71-103-65-61-79(55-49-41-23-17-11-5)109-85(97)57-51-45-39-35-31-27-21-15-9-3)73-107-111(99,100)105-67-63-87-81(93)59-60-82(94)88-64-68-106-112(101,102)108-74-76(90-84(96)70-78(92)54-48-44-38-34-30-26-20-14-8-2)72-104-66-62-80(56-50-42-24-18-12-6)110-86(98)58-52-46-40-36-32-28-22-16-10-4;/h35-36,39-40,75-76,79-80H,7-34,37-38,41-74H2,1-6H3,(H,87,93)(H,88,94)(H,89,95)(H,90,96)(H,99,100)(H,101,102);/q;+1/p-2/b39-35+,40-36+;. The Kier molecular flexibility index (Phi) is 80.3. The zero-order valence-electron chi connectivity index (χ0n) is 71.9. The maximum atomic E-state index is 13.2. The molecule has 0 aromatic carbocycles. The van der Waals surface area contributed by atoms with Gasteiger partial charge in [0.2, 0.25) is 23.6 Å².